The molecule has 0 spiro atoms. The molecule has 0 saturated carbocycles. The summed E-state index contributed by atoms with van der Waals surface area (Å²) in [6.07, 6.45) is 0.801. The molecule has 2 aliphatic rings. The number of likely N-dealkylation sites (tertiary alicyclic amines) is 2. The van der Waals surface area contributed by atoms with Crippen molar-refractivity contribution in [2.24, 2.45) is 0 Å². The normalized spacial score (nSPS) is 21.2. The zero-order valence-electron chi connectivity index (χ0n) is 20.1. The van der Waals surface area contributed by atoms with Gasteiger partial charge in [0.15, 0.2) is 0 Å². The topological polar surface area (TPSA) is 122 Å². The molecule has 11 nitrogen and oxygen atoms in total. The lowest BCUT2D eigenvalue weighted by Gasteiger charge is -2.24. The highest BCUT2D eigenvalue weighted by Crippen LogP contribution is 2.21. The molecule has 1 aromatic rings. The molecule has 2 aliphatic heterocycles. The molecule has 0 unspecified atom stereocenters. The second-order valence-corrected chi connectivity index (χ2v) is 10.7. The SMILES string of the molecule is CC(C)(C)OC(=O)N1CC[C@@H](Nc2nc(Cl)nc(N[C@@H]3CCN(C(=O)OC(C)(C)C)C3)n2)C1. The zero-order chi connectivity index (χ0) is 24.4. The zero-order valence-corrected chi connectivity index (χ0v) is 20.9. The molecular formula is C21H34ClN7O4. The smallest absolute Gasteiger partial charge is 0.410 e. The molecule has 0 aliphatic carbocycles. The van der Waals surface area contributed by atoms with Gasteiger partial charge >= 0.3 is 12.2 Å². The Morgan fingerprint density at radius 3 is 1.58 bits per heavy atom. The van der Waals surface area contributed by atoms with Gasteiger partial charge in [-0.3, -0.25) is 0 Å². The molecular weight excluding hydrogens is 450 g/mol. The van der Waals surface area contributed by atoms with Crippen molar-refractivity contribution in [1.29, 1.82) is 0 Å². The lowest BCUT2D eigenvalue weighted by molar-refractivity contribution is 0.0283. The monoisotopic (exact) mass is 483 g/mol. The van der Waals surface area contributed by atoms with E-state index in [0.29, 0.717) is 38.1 Å². The number of carbonyl (C=O) groups excluding carboxylic acids is 2. The number of halogens is 1. The molecule has 2 fully saturated rings. The van der Waals surface area contributed by atoms with Gasteiger partial charge in [0.05, 0.1) is 0 Å². The van der Waals surface area contributed by atoms with Crippen molar-refractivity contribution in [1.82, 2.24) is 24.8 Å². The molecule has 3 heterocycles. The third-order valence-corrected chi connectivity index (χ3v) is 5.12. The summed E-state index contributed by atoms with van der Waals surface area (Å²) >= 11 is 6.11. The number of nitrogens with one attached hydrogen (secondary N) is 2. The number of carbonyl (C=O) groups is 2. The molecule has 3 rings (SSSR count). The molecule has 2 atom stereocenters. The van der Waals surface area contributed by atoms with Crippen LogP contribution >= 0.6 is 11.6 Å². The Kier molecular flexibility index (Phi) is 7.40. The summed E-state index contributed by atoms with van der Waals surface area (Å²) in [6, 6.07) is -0.0593. The van der Waals surface area contributed by atoms with Crippen LogP contribution in [0.2, 0.25) is 5.28 Å². The van der Waals surface area contributed by atoms with E-state index in [1.54, 1.807) is 9.80 Å². The highest BCUT2D eigenvalue weighted by Gasteiger charge is 2.32. The van der Waals surface area contributed by atoms with Crippen molar-refractivity contribution in [2.45, 2.75) is 77.7 Å². The van der Waals surface area contributed by atoms with E-state index in [-0.39, 0.29) is 29.6 Å². The van der Waals surface area contributed by atoms with Crippen LogP contribution in [0.5, 0.6) is 0 Å². The number of hydrogen-bond acceptors (Lipinski definition) is 9. The molecule has 184 valence electrons. The molecule has 12 heteroatoms. The summed E-state index contributed by atoms with van der Waals surface area (Å²) in [5.74, 6) is 0.658. The Balaban J connectivity index is 1.54. The van der Waals surface area contributed by atoms with E-state index in [1.807, 2.05) is 41.5 Å². The van der Waals surface area contributed by atoms with E-state index >= 15 is 0 Å². The summed E-state index contributed by atoms with van der Waals surface area (Å²) in [5.41, 5.74) is -1.07. The van der Waals surface area contributed by atoms with Crippen molar-refractivity contribution >= 4 is 35.7 Å². The van der Waals surface area contributed by atoms with Crippen LogP contribution in [0, 0.1) is 0 Å². The predicted octanol–water partition coefficient (Wildman–Crippen LogP) is 3.37. The van der Waals surface area contributed by atoms with Gasteiger partial charge in [-0.25, -0.2) is 9.59 Å². The van der Waals surface area contributed by atoms with E-state index in [2.05, 4.69) is 25.6 Å². The first-order chi connectivity index (χ1) is 15.3. The van der Waals surface area contributed by atoms with Crippen LogP contribution in [-0.4, -0.2) is 86.4 Å². The molecule has 2 amide bonds. The van der Waals surface area contributed by atoms with Crippen molar-refractivity contribution < 1.29 is 19.1 Å². The van der Waals surface area contributed by atoms with E-state index in [4.69, 9.17) is 21.1 Å². The summed E-state index contributed by atoms with van der Waals surface area (Å²) in [7, 11) is 0. The number of aromatic nitrogens is 3. The van der Waals surface area contributed by atoms with E-state index in [9.17, 15) is 9.59 Å². The Morgan fingerprint density at radius 2 is 1.21 bits per heavy atom. The largest absolute Gasteiger partial charge is 0.444 e. The number of hydrogen-bond donors (Lipinski definition) is 2. The number of nitrogens with zero attached hydrogens (tertiary/aromatic N) is 5. The number of ether oxygens (including phenoxy) is 2. The van der Waals surface area contributed by atoms with Gasteiger partial charge in [-0.05, 0) is 66.0 Å². The molecule has 2 saturated heterocycles. The summed E-state index contributed by atoms with van der Waals surface area (Å²) < 4.78 is 10.9. The lowest BCUT2D eigenvalue weighted by atomic mass is 10.2. The molecule has 1 aromatic heterocycles. The lowest BCUT2D eigenvalue weighted by Crippen LogP contribution is -2.37. The van der Waals surface area contributed by atoms with Crippen LogP contribution in [0.15, 0.2) is 0 Å². The molecule has 0 aromatic carbocycles. The van der Waals surface area contributed by atoms with Crippen molar-refractivity contribution in [3.8, 4) is 0 Å². The van der Waals surface area contributed by atoms with Gasteiger partial charge in [-0.15, -0.1) is 0 Å². The standard InChI is InChI=1S/C21H34ClN7O4/c1-20(2,3)32-18(30)28-9-7-13(11-28)23-16-25-15(22)26-17(27-16)24-14-8-10-29(12-14)19(31)33-21(4,5)6/h13-14H,7-12H2,1-6H3,(H2,23,24,25,26,27)/t13-,14-/m1/s1. The third-order valence-electron chi connectivity index (χ3n) is 4.95. The van der Waals surface area contributed by atoms with Gasteiger partial charge in [0.2, 0.25) is 17.2 Å². The second kappa shape index (κ2) is 9.74. The maximum atomic E-state index is 12.3. The first-order valence-electron chi connectivity index (χ1n) is 11.2. The van der Waals surface area contributed by atoms with Crippen LogP contribution < -0.4 is 10.6 Å². The number of anilines is 2. The predicted molar refractivity (Wildman–Crippen MR) is 125 cm³/mol. The van der Waals surface area contributed by atoms with Crippen molar-refractivity contribution in [3.05, 3.63) is 5.28 Å². The summed E-state index contributed by atoms with van der Waals surface area (Å²) in [4.78, 5) is 40.6. The van der Waals surface area contributed by atoms with E-state index in [1.165, 1.54) is 0 Å². The van der Waals surface area contributed by atoms with Crippen molar-refractivity contribution in [3.63, 3.8) is 0 Å². The Morgan fingerprint density at radius 1 is 0.818 bits per heavy atom. The average Bonchev–Trinajstić information content (AvgIpc) is 3.28. The quantitative estimate of drug-likeness (QED) is 0.663. The van der Waals surface area contributed by atoms with Gasteiger partial charge in [-0.2, -0.15) is 15.0 Å². The number of amides is 2. The summed E-state index contributed by atoms with van der Waals surface area (Å²) in [5, 5.41) is 6.51. The fourth-order valence-electron chi connectivity index (χ4n) is 3.59. The highest BCUT2D eigenvalue weighted by atomic mass is 35.5. The second-order valence-electron chi connectivity index (χ2n) is 10.4. The van der Waals surface area contributed by atoms with E-state index in [0.717, 1.165) is 12.8 Å². The minimum Gasteiger partial charge on any atom is -0.444 e. The maximum Gasteiger partial charge on any atom is 0.410 e. The fraction of sp³-hybridized carbons (Fsp3) is 0.762. The fourth-order valence-corrected chi connectivity index (χ4v) is 3.75. The molecule has 0 radical (unpaired) electrons. The van der Waals surface area contributed by atoms with Crippen LogP contribution in [-0.2, 0) is 9.47 Å². The molecule has 0 bridgehead atoms. The summed E-state index contributed by atoms with van der Waals surface area (Å²) in [6.45, 7) is 13.2. The van der Waals surface area contributed by atoms with Gasteiger partial charge in [0.25, 0.3) is 0 Å². The minimum atomic E-state index is -0.537. The Hall–Kier alpha value is -2.56. The first kappa shape index (κ1) is 25.1. The van der Waals surface area contributed by atoms with Crippen molar-refractivity contribution in [2.75, 3.05) is 36.8 Å². The van der Waals surface area contributed by atoms with Gasteiger partial charge in [-0.1, -0.05) is 0 Å². The Labute approximate surface area is 199 Å². The van der Waals surface area contributed by atoms with Crippen LogP contribution in [0.1, 0.15) is 54.4 Å². The average molecular weight is 484 g/mol. The van der Waals surface area contributed by atoms with Crippen LogP contribution in [0.3, 0.4) is 0 Å². The molecule has 33 heavy (non-hydrogen) atoms. The number of rotatable bonds is 4. The van der Waals surface area contributed by atoms with Crippen LogP contribution in [0.4, 0.5) is 21.5 Å². The first-order valence-corrected chi connectivity index (χ1v) is 11.6. The van der Waals surface area contributed by atoms with Crippen LogP contribution in [0.25, 0.3) is 0 Å². The Bertz CT molecular complexity index is 805. The minimum absolute atomic E-state index is 0.0297. The van der Waals surface area contributed by atoms with E-state index < -0.39 is 11.2 Å². The van der Waals surface area contributed by atoms with Gasteiger partial charge in [0.1, 0.15) is 11.2 Å². The third kappa shape index (κ3) is 7.76. The van der Waals surface area contributed by atoms with Gasteiger partial charge in [0, 0.05) is 38.3 Å². The highest BCUT2D eigenvalue weighted by molar-refractivity contribution is 6.28. The maximum absolute atomic E-state index is 12.3. The van der Waals surface area contributed by atoms with Gasteiger partial charge < -0.3 is 29.9 Å². The molecule has 2 N–H and O–H groups in total.